The fourth-order valence-corrected chi connectivity index (χ4v) is 2.12. The summed E-state index contributed by atoms with van der Waals surface area (Å²) < 4.78 is 0. The van der Waals surface area contributed by atoms with Crippen molar-refractivity contribution >= 4 is 28.9 Å². The van der Waals surface area contributed by atoms with Crippen LogP contribution in [0.25, 0.3) is 0 Å². The monoisotopic (exact) mass is 290 g/mol. The molecule has 0 amide bonds. The lowest BCUT2D eigenvalue weighted by atomic mass is 10.2. The molecule has 1 heterocycles. The zero-order chi connectivity index (χ0) is 14.7. The van der Waals surface area contributed by atoms with Crippen LogP contribution in [-0.4, -0.2) is 16.5 Å². The van der Waals surface area contributed by atoms with Crippen molar-refractivity contribution in [2.24, 2.45) is 0 Å². The first kappa shape index (κ1) is 14.6. The Morgan fingerprint density at radius 1 is 1.10 bits per heavy atom. The molecule has 0 bridgehead atoms. The first-order chi connectivity index (χ1) is 9.51. The van der Waals surface area contributed by atoms with Gasteiger partial charge in [0, 0.05) is 12.1 Å². The summed E-state index contributed by atoms with van der Waals surface area (Å²) in [5.74, 6) is 2.35. The Balaban J connectivity index is 2.40. The van der Waals surface area contributed by atoms with Gasteiger partial charge in [0.1, 0.15) is 17.5 Å². The molecule has 0 radical (unpaired) electrons. The topological polar surface area (TPSA) is 49.8 Å². The minimum absolute atomic E-state index is 0.677. The van der Waals surface area contributed by atoms with Crippen molar-refractivity contribution in [3.05, 3.63) is 40.2 Å². The Bertz CT molecular complexity index is 626. The van der Waals surface area contributed by atoms with Crippen LogP contribution in [0.2, 0.25) is 5.02 Å². The molecule has 1 aromatic heterocycles. The second-order valence-electron chi connectivity index (χ2n) is 4.73. The van der Waals surface area contributed by atoms with E-state index in [9.17, 15) is 0 Å². The molecule has 4 nitrogen and oxygen atoms in total. The van der Waals surface area contributed by atoms with Gasteiger partial charge in [-0.15, -0.1) is 0 Å². The van der Waals surface area contributed by atoms with Gasteiger partial charge in [0.25, 0.3) is 0 Å². The molecule has 0 aliphatic rings. The molecule has 2 rings (SSSR count). The minimum atomic E-state index is 0.677. The van der Waals surface area contributed by atoms with Gasteiger partial charge in [-0.1, -0.05) is 17.7 Å². The quantitative estimate of drug-likeness (QED) is 0.885. The zero-order valence-electron chi connectivity index (χ0n) is 12.2. The Kier molecular flexibility index (Phi) is 4.45. The highest BCUT2D eigenvalue weighted by atomic mass is 35.5. The summed E-state index contributed by atoms with van der Waals surface area (Å²) in [5.41, 5.74) is 2.98. The maximum Gasteiger partial charge on any atom is 0.139 e. The lowest BCUT2D eigenvalue weighted by molar-refractivity contribution is 1.02. The van der Waals surface area contributed by atoms with E-state index in [4.69, 9.17) is 11.6 Å². The summed E-state index contributed by atoms with van der Waals surface area (Å²) in [6, 6.07) is 5.87. The van der Waals surface area contributed by atoms with Gasteiger partial charge in [-0.05, 0) is 45.4 Å². The van der Waals surface area contributed by atoms with Crippen molar-refractivity contribution in [3.8, 4) is 0 Å². The van der Waals surface area contributed by atoms with Crippen LogP contribution < -0.4 is 10.6 Å². The van der Waals surface area contributed by atoms with Gasteiger partial charge in [-0.3, -0.25) is 0 Å². The fourth-order valence-electron chi connectivity index (χ4n) is 1.95. The van der Waals surface area contributed by atoms with Crippen molar-refractivity contribution in [1.82, 2.24) is 9.97 Å². The van der Waals surface area contributed by atoms with E-state index in [1.165, 1.54) is 0 Å². The van der Waals surface area contributed by atoms with Gasteiger partial charge in [-0.2, -0.15) is 0 Å². The van der Waals surface area contributed by atoms with Gasteiger partial charge in [0.05, 0.1) is 10.7 Å². The van der Waals surface area contributed by atoms with Gasteiger partial charge in [-0.25, -0.2) is 9.97 Å². The Morgan fingerprint density at radius 3 is 2.50 bits per heavy atom. The van der Waals surface area contributed by atoms with Gasteiger partial charge in [0.15, 0.2) is 0 Å². The molecule has 0 saturated carbocycles. The zero-order valence-corrected chi connectivity index (χ0v) is 13.0. The van der Waals surface area contributed by atoms with Gasteiger partial charge >= 0.3 is 0 Å². The minimum Gasteiger partial charge on any atom is -0.370 e. The fraction of sp³-hybridized carbons (Fsp3) is 0.333. The number of benzene rings is 1. The highest BCUT2D eigenvalue weighted by Crippen LogP contribution is 2.28. The van der Waals surface area contributed by atoms with Crippen LogP contribution in [0.5, 0.6) is 0 Å². The van der Waals surface area contributed by atoms with Crippen molar-refractivity contribution in [2.75, 3.05) is 17.2 Å². The maximum atomic E-state index is 6.22. The average molecular weight is 291 g/mol. The van der Waals surface area contributed by atoms with E-state index in [-0.39, 0.29) is 0 Å². The van der Waals surface area contributed by atoms with Crippen LogP contribution in [0.3, 0.4) is 0 Å². The molecule has 0 spiro atoms. The molecule has 2 N–H and O–H groups in total. The van der Waals surface area contributed by atoms with E-state index in [0.29, 0.717) is 5.02 Å². The average Bonchev–Trinajstić information content (AvgIpc) is 2.39. The van der Waals surface area contributed by atoms with E-state index in [1.807, 2.05) is 45.9 Å². The SMILES string of the molecule is CCNc1nc(C)nc(Nc2cc(C)ccc2Cl)c1C. The number of nitrogens with one attached hydrogen (secondary N) is 2. The smallest absolute Gasteiger partial charge is 0.139 e. The van der Waals surface area contributed by atoms with E-state index >= 15 is 0 Å². The Morgan fingerprint density at radius 2 is 1.80 bits per heavy atom. The number of halogens is 1. The molecule has 0 fully saturated rings. The third-order valence-electron chi connectivity index (χ3n) is 2.98. The maximum absolute atomic E-state index is 6.22. The molecule has 0 atom stereocenters. The highest BCUT2D eigenvalue weighted by molar-refractivity contribution is 6.33. The van der Waals surface area contributed by atoms with E-state index < -0.39 is 0 Å². The third-order valence-corrected chi connectivity index (χ3v) is 3.31. The third kappa shape index (κ3) is 3.20. The Labute approximate surface area is 124 Å². The number of hydrogen-bond donors (Lipinski definition) is 2. The van der Waals surface area contributed by atoms with E-state index in [1.54, 1.807) is 0 Å². The standard InChI is InChI=1S/C15H19ClN4/c1-5-17-14-10(3)15(19-11(4)18-14)20-13-8-9(2)6-7-12(13)16/h6-8H,5H2,1-4H3,(H2,17,18,19,20). The molecular weight excluding hydrogens is 272 g/mol. The molecule has 1 aromatic carbocycles. The molecule has 0 aliphatic carbocycles. The number of aryl methyl sites for hydroxylation is 2. The van der Waals surface area contributed by atoms with Crippen molar-refractivity contribution in [3.63, 3.8) is 0 Å². The van der Waals surface area contributed by atoms with Crippen LogP contribution in [0.15, 0.2) is 18.2 Å². The number of rotatable bonds is 4. The second kappa shape index (κ2) is 6.09. The summed E-state index contributed by atoms with van der Waals surface area (Å²) >= 11 is 6.22. The number of anilines is 3. The molecular formula is C15H19ClN4. The van der Waals surface area contributed by atoms with Crippen LogP contribution in [-0.2, 0) is 0 Å². The van der Waals surface area contributed by atoms with Crippen LogP contribution in [0, 0.1) is 20.8 Å². The van der Waals surface area contributed by atoms with Crippen molar-refractivity contribution in [2.45, 2.75) is 27.7 Å². The predicted molar refractivity (Wildman–Crippen MR) is 85.1 cm³/mol. The lowest BCUT2D eigenvalue weighted by Gasteiger charge is -2.14. The molecule has 5 heteroatoms. The first-order valence-electron chi connectivity index (χ1n) is 6.63. The predicted octanol–water partition coefficient (Wildman–Crippen LogP) is 4.23. The van der Waals surface area contributed by atoms with Crippen molar-refractivity contribution in [1.29, 1.82) is 0 Å². The van der Waals surface area contributed by atoms with Gasteiger partial charge in [0.2, 0.25) is 0 Å². The van der Waals surface area contributed by atoms with Gasteiger partial charge < -0.3 is 10.6 Å². The summed E-state index contributed by atoms with van der Waals surface area (Å²) in [6.07, 6.45) is 0. The molecule has 0 saturated heterocycles. The number of nitrogens with zero attached hydrogens (tertiary/aromatic N) is 2. The summed E-state index contributed by atoms with van der Waals surface area (Å²) in [4.78, 5) is 8.87. The lowest BCUT2D eigenvalue weighted by Crippen LogP contribution is -2.08. The van der Waals surface area contributed by atoms with E-state index in [2.05, 4.69) is 20.6 Å². The van der Waals surface area contributed by atoms with Crippen LogP contribution in [0.1, 0.15) is 23.9 Å². The number of hydrogen-bond acceptors (Lipinski definition) is 4. The summed E-state index contributed by atoms with van der Waals surface area (Å²) in [5, 5.41) is 7.22. The summed E-state index contributed by atoms with van der Waals surface area (Å²) in [6.45, 7) is 8.76. The molecule has 106 valence electrons. The molecule has 2 aromatic rings. The summed E-state index contributed by atoms with van der Waals surface area (Å²) in [7, 11) is 0. The Hall–Kier alpha value is -1.81. The second-order valence-corrected chi connectivity index (χ2v) is 5.14. The molecule has 0 unspecified atom stereocenters. The highest BCUT2D eigenvalue weighted by Gasteiger charge is 2.10. The van der Waals surface area contributed by atoms with Crippen LogP contribution in [0.4, 0.5) is 17.3 Å². The largest absolute Gasteiger partial charge is 0.370 e. The number of aromatic nitrogens is 2. The first-order valence-corrected chi connectivity index (χ1v) is 7.01. The van der Waals surface area contributed by atoms with Crippen LogP contribution >= 0.6 is 11.6 Å². The van der Waals surface area contributed by atoms with Crippen molar-refractivity contribution < 1.29 is 0 Å². The molecule has 20 heavy (non-hydrogen) atoms. The van der Waals surface area contributed by atoms with E-state index in [0.717, 1.165) is 40.8 Å². The normalized spacial score (nSPS) is 10.4. The molecule has 0 aliphatic heterocycles.